The second-order valence-electron chi connectivity index (χ2n) is 6.35. The van der Waals surface area contributed by atoms with Crippen LogP contribution in [0.25, 0.3) is 0 Å². The van der Waals surface area contributed by atoms with Crippen molar-refractivity contribution in [2.75, 3.05) is 0 Å². The molecule has 0 amide bonds. The van der Waals surface area contributed by atoms with Crippen LogP contribution >= 0.6 is 11.2 Å². The van der Waals surface area contributed by atoms with E-state index in [0.29, 0.717) is 6.04 Å². The van der Waals surface area contributed by atoms with E-state index >= 15 is 0 Å². The molecule has 0 saturated heterocycles. The molecule has 104 valence electrons. The van der Waals surface area contributed by atoms with Gasteiger partial charge in [0, 0.05) is 17.2 Å². The first-order valence-electron chi connectivity index (χ1n) is 7.35. The fraction of sp³-hybridized carbons (Fsp3) is 0.562. The average molecular weight is 292 g/mol. The molecule has 19 heavy (non-hydrogen) atoms. The Balaban J connectivity index is 1.92. The van der Waals surface area contributed by atoms with Crippen molar-refractivity contribution in [1.82, 2.24) is 0 Å². The van der Waals surface area contributed by atoms with Crippen LogP contribution in [0.5, 0.6) is 0 Å². The number of aliphatic imine (C=N–C) groups is 1. The summed E-state index contributed by atoms with van der Waals surface area (Å²) >= 11 is 2.05. The quantitative estimate of drug-likeness (QED) is 0.537. The van der Waals surface area contributed by atoms with Gasteiger partial charge in [0.15, 0.2) is 0 Å². The number of hydrogen-bond donors (Lipinski definition) is 0. The second-order valence-corrected chi connectivity index (χ2v) is 15.5. The third-order valence-electron chi connectivity index (χ3n) is 3.31. The summed E-state index contributed by atoms with van der Waals surface area (Å²) in [5.74, 6) is 0. The first-order chi connectivity index (χ1) is 9.03. The minimum Gasteiger partial charge on any atom is -0.289 e. The number of nitrogens with zero attached hydrogens (tertiary/aromatic N) is 1. The van der Waals surface area contributed by atoms with E-state index in [-0.39, 0.29) is 0 Å². The molecule has 0 unspecified atom stereocenters. The molecule has 1 aliphatic carbocycles. The van der Waals surface area contributed by atoms with E-state index in [1.54, 1.807) is 0 Å². The zero-order valence-electron chi connectivity index (χ0n) is 12.4. The van der Waals surface area contributed by atoms with Gasteiger partial charge in [0.2, 0.25) is 0 Å². The van der Waals surface area contributed by atoms with Crippen molar-refractivity contribution in [3.8, 4) is 0 Å². The van der Waals surface area contributed by atoms with E-state index in [0.717, 1.165) is 0 Å². The highest BCUT2D eigenvalue weighted by molar-refractivity contribution is 8.28. The summed E-state index contributed by atoms with van der Waals surface area (Å²) in [6.07, 6.45) is 8.73. The van der Waals surface area contributed by atoms with Gasteiger partial charge in [-0.25, -0.2) is 0 Å². The molecule has 0 heterocycles. The van der Waals surface area contributed by atoms with Gasteiger partial charge >= 0.3 is 0 Å². The van der Waals surface area contributed by atoms with Crippen LogP contribution in [-0.4, -0.2) is 19.5 Å². The first kappa shape index (κ1) is 14.9. The van der Waals surface area contributed by atoms with Gasteiger partial charge in [-0.15, -0.1) is 0 Å². The van der Waals surface area contributed by atoms with Crippen LogP contribution in [0.3, 0.4) is 0 Å². The molecule has 0 N–H and O–H groups in total. The lowest BCUT2D eigenvalue weighted by Gasteiger charge is -2.17. The van der Waals surface area contributed by atoms with E-state index in [4.69, 9.17) is 4.99 Å². The minimum absolute atomic E-state index is 0.574. The molecule has 1 aromatic carbocycles. The highest BCUT2D eigenvalue weighted by Gasteiger charge is 2.14. The van der Waals surface area contributed by atoms with Gasteiger partial charge in [-0.3, -0.25) is 4.99 Å². The zero-order valence-corrected chi connectivity index (χ0v) is 14.2. The Morgan fingerprint density at radius 2 is 1.68 bits per heavy atom. The summed E-state index contributed by atoms with van der Waals surface area (Å²) in [5.41, 5.74) is 1.24. The molecule has 0 radical (unpaired) electrons. The fourth-order valence-corrected chi connectivity index (χ4v) is 5.91. The molecule has 1 aliphatic rings. The maximum Gasteiger partial charge on any atom is 0.114 e. The molecule has 0 bridgehead atoms. The molecule has 1 nitrogen and oxygen atoms in total. The molecular formula is C16H25NSSi. The Morgan fingerprint density at radius 3 is 2.26 bits per heavy atom. The van der Waals surface area contributed by atoms with E-state index in [1.807, 2.05) is 11.2 Å². The monoisotopic (exact) mass is 291 g/mol. The molecule has 3 heteroatoms. The van der Waals surface area contributed by atoms with E-state index in [1.165, 1.54) is 42.6 Å². The lowest BCUT2D eigenvalue weighted by atomic mass is 9.96. The van der Waals surface area contributed by atoms with Crippen LogP contribution in [0, 0.1) is 0 Å². The van der Waals surface area contributed by atoms with Crippen LogP contribution in [-0.2, 0) is 0 Å². The van der Waals surface area contributed by atoms with E-state index in [9.17, 15) is 0 Å². The molecular weight excluding hydrogens is 266 g/mol. The SMILES string of the molecule is C[Si](C)(C)Sc1ccc(C=NC2CCCCC2)cc1. The van der Waals surface area contributed by atoms with Crippen molar-refractivity contribution >= 4 is 24.6 Å². The summed E-state index contributed by atoms with van der Waals surface area (Å²) in [7, 11) is -1.08. The van der Waals surface area contributed by atoms with Gasteiger partial charge in [0.05, 0.1) is 0 Å². The number of benzene rings is 1. The van der Waals surface area contributed by atoms with Gasteiger partial charge in [0.1, 0.15) is 7.22 Å². The molecule has 2 rings (SSSR count). The Morgan fingerprint density at radius 1 is 1.05 bits per heavy atom. The predicted molar refractivity (Wildman–Crippen MR) is 90.1 cm³/mol. The van der Waals surface area contributed by atoms with E-state index < -0.39 is 7.22 Å². The molecule has 0 spiro atoms. The topological polar surface area (TPSA) is 12.4 Å². The lowest BCUT2D eigenvalue weighted by Crippen LogP contribution is -2.13. The Labute approximate surface area is 122 Å². The maximum atomic E-state index is 4.73. The third kappa shape index (κ3) is 5.53. The third-order valence-corrected chi connectivity index (χ3v) is 6.98. The molecule has 0 atom stereocenters. The zero-order chi connectivity index (χ0) is 13.7. The van der Waals surface area contributed by atoms with Crippen molar-refractivity contribution in [2.24, 2.45) is 4.99 Å². The van der Waals surface area contributed by atoms with Gasteiger partial charge < -0.3 is 0 Å². The number of rotatable bonds is 4. The summed E-state index contributed by atoms with van der Waals surface area (Å²) in [6.45, 7) is 7.16. The standard InChI is InChI=1S/C16H25NSSi/c1-19(2,3)18-16-11-9-14(10-12-16)13-17-15-7-5-4-6-8-15/h9-13,15H,4-8H2,1-3H3. The van der Waals surface area contributed by atoms with Crippen molar-refractivity contribution in [3.63, 3.8) is 0 Å². The van der Waals surface area contributed by atoms with Crippen molar-refractivity contribution < 1.29 is 0 Å². The van der Waals surface area contributed by atoms with Crippen LogP contribution in [0.1, 0.15) is 37.7 Å². The van der Waals surface area contributed by atoms with Crippen LogP contribution < -0.4 is 0 Å². The van der Waals surface area contributed by atoms with Gasteiger partial charge in [0.25, 0.3) is 0 Å². The average Bonchev–Trinajstić information content (AvgIpc) is 2.37. The highest BCUT2D eigenvalue weighted by Crippen LogP contribution is 2.28. The summed E-state index contributed by atoms with van der Waals surface area (Å²) in [6, 6.07) is 9.46. The Hall–Kier alpha value is -0.543. The Kier molecular flexibility index (Phi) is 5.28. The summed E-state index contributed by atoms with van der Waals surface area (Å²) < 4.78 is 0. The summed E-state index contributed by atoms with van der Waals surface area (Å²) in [5, 5.41) is 0. The van der Waals surface area contributed by atoms with Gasteiger partial charge in [-0.2, -0.15) is 11.2 Å². The van der Waals surface area contributed by atoms with Crippen LogP contribution in [0.4, 0.5) is 0 Å². The van der Waals surface area contributed by atoms with Crippen LogP contribution in [0.15, 0.2) is 34.2 Å². The largest absolute Gasteiger partial charge is 0.289 e. The minimum atomic E-state index is -1.08. The first-order valence-corrected chi connectivity index (χ1v) is 12.4. The number of hydrogen-bond acceptors (Lipinski definition) is 2. The van der Waals surface area contributed by atoms with Crippen molar-refractivity contribution in [2.45, 2.75) is 62.7 Å². The van der Waals surface area contributed by atoms with Gasteiger partial charge in [-0.05, 0) is 30.5 Å². The highest BCUT2D eigenvalue weighted by atomic mass is 32.4. The molecule has 1 fully saturated rings. The molecule has 1 aromatic rings. The maximum absolute atomic E-state index is 4.73. The predicted octanol–water partition coefficient (Wildman–Crippen LogP) is 5.37. The Bertz CT molecular complexity index is 413. The molecule has 0 aromatic heterocycles. The van der Waals surface area contributed by atoms with E-state index in [2.05, 4.69) is 50.1 Å². The van der Waals surface area contributed by atoms with Gasteiger partial charge in [-0.1, -0.05) is 51.0 Å². The van der Waals surface area contributed by atoms with Crippen LogP contribution in [0.2, 0.25) is 19.6 Å². The summed E-state index contributed by atoms with van der Waals surface area (Å²) in [4.78, 5) is 6.13. The lowest BCUT2D eigenvalue weighted by molar-refractivity contribution is 0.444. The molecule has 1 saturated carbocycles. The van der Waals surface area contributed by atoms with Crippen molar-refractivity contribution in [3.05, 3.63) is 29.8 Å². The normalized spacial score (nSPS) is 18.1. The smallest absolute Gasteiger partial charge is 0.114 e. The molecule has 0 aliphatic heterocycles. The second kappa shape index (κ2) is 6.75. The van der Waals surface area contributed by atoms with Crippen molar-refractivity contribution in [1.29, 1.82) is 0 Å². The fourth-order valence-electron chi connectivity index (χ4n) is 2.40.